The van der Waals surface area contributed by atoms with E-state index in [1.54, 1.807) is 0 Å². The Balaban J connectivity index is 2.23. The summed E-state index contributed by atoms with van der Waals surface area (Å²) in [6, 6.07) is 6.20. The third-order valence-electron chi connectivity index (χ3n) is 5.03. The number of carbonyl (C=O) groups is 1. The molecule has 2 aromatic rings. The lowest BCUT2D eigenvalue weighted by molar-refractivity contribution is -0.171. The number of aryl methyl sites for hydroxylation is 3. The van der Waals surface area contributed by atoms with Crippen LogP contribution in [-0.4, -0.2) is 29.3 Å². The number of halogens is 1. The molecule has 0 radical (unpaired) electrons. The van der Waals surface area contributed by atoms with Gasteiger partial charge in [0.2, 0.25) is 0 Å². The molecule has 1 unspecified atom stereocenters. The molecule has 1 aliphatic heterocycles. The summed E-state index contributed by atoms with van der Waals surface area (Å²) in [5.74, 6) is 0.519. The number of fused-ring (bicyclic) bond motifs is 1. The molecule has 0 spiro atoms. The summed E-state index contributed by atoms with van der Waals surface area (Å²) in [6.45, 7) is 14.1. The molecule has 1 aromatic heterocycles. The highest BCUT2D eigenvalue weighted by Crippen LogP contribution is 2.42. The highest BCUT2D eigenvalue weighted by Gasteiger charge is 2.34. The first kappa shape index (κ1) is 23.7. The van der Waals surface area contributed by atoms with Gasteiger partial charge in [0.25, 0.3) is 0 Å². The molecule has 0 bridgehead atoms. The van der Waals surface area contributed by atoms with E-state index in [0.717, 1.165) is 57.7 Å². The average molecular weight is 490 g/mol. The lowest BCUT2D eigenvalue weighted by Crippen LogP contribution is -2.31. The van der Waals surface area contributed by atoms with Crippen LogP contribution in [0.1, 0.15) is 69.7 Å². The van der Waals surface area contributed by atoms with Gasteiger partial charge < -0.3 is 14.2 Å². The van der Waals surface area contributed by atoms with E-state index in [0.29, 0.717) is 0 Å². The van der Waals surface area contributed by atoms with E-state index >= 15 is 0 Å². The SMILES string of the molecule is Cc1nc(C)c(C(OC(C)(C)C)C(=O)OC(C)C)c(-c2ccc3c(c2)CCCO3)c1Br. The van der Waals surface area contributed by atoms with Crippen LogP contribution in [0.5, 0.6) is 5.75 Å². The third kappa shape index (κ3) is 5.47. The second kappa shape index (κ2) is 9.29. The van der Waals surface area contributed by atoms with Crippen LogP contribution in [0.25, 0.3) is 11.1 Å². The van der Waals surface area contributed by atoms with Crippen LogP contribution < -0.4 is 4.74 Å². The number of carbonyl (C=O) groups excluding carboxylic acids is 1. The molecule has 0 fully saturated rings. The van der Waals surface area contributed by atoms with Gasteiger partial charge in [0.05, 0.1) is 24.0 Å². The summed E-state index contributed by atoms with van der Waals surface area (Å²) in [5, 5.41) is 0. The minimum absolute atomic E-state index is 0.245. The van der Waals surface area contributed by atoms with Gasteiger partial charge in [0.15, 0.2) is 6.10 Å². The van der Waals surface area contributed by atoms with Crippen molar-refractivity contribution in [2.24, 2.45) is 0 Å². The van der Waals surface area contributed by atoms with Gasteiger partial charge in [0.1, 0.15) is 5.75 Å². The number of aromatic nitrogens is 1. The molecule has 5 nitrogen and oxygen atoms in total. The van der Waals surface area contributed by atoms with E-state index in [2.05, 4.69) is 22.0 Å². The monoisotopic (exact) mass is 489 g/mol. The summed E-state index contributed by atoms with van der Waals surface area (Å²) in [6.07, 6.45) is 0.824. The summed E-state index contributed by atoms with van der Waals surface area (Å²) in [4.78, 5) is 17.9. The zero-order chi connectivity index (χ0) is 22.9. The molecular weight excluding hydrogens is 458 g/mol. The molecule has 2 heterocycles. The van der Waals surface area contributed by atoms with Crippen molar-refractivity contribution in [3.05, 3.63) is 45.2 Å². The maximum absolute atomic E-state index is 13.2. The van der Waals surface area contributed by atoms with Crippen molar-refractivity contribution < 1.29 is 19.0 Å². The third-order valence-corrected chi connectivity index (χ3v) is 6.00. The van der Waals surface area contributed by atoms with E-state index < -0.39 is 17.7 Å². The maximum atomic E-state index is 13.2. The van der Waals surface area contributed by atoms with Gasteiger partial charge >= 0.3 is 5.97 Å². The Labute approximate surface area is 193 Å². The molecule has 1 atom stereocenters. The minimum Gasteiger partial charge on any atom is -0.493 e. The molecule has 3 rings (SSSR count). The highest BCUT2D eigenvalue weighted by atomic mass is 79.9. The number of pyridine rings is 1. The van der Waals surface area contributed by atoms with Crippen LogP contribution >= 0.6 is 15.9 Å². The molecule has 0 N–H and O–H groups in total. The summed E-state index contributed by atoms with van der Waals surface area (Å²) in [7, 11) is 0. The largest absolute Gasteiger partial charge is 0.493 e. The normalized spacial score (nSPS) is 14.7. The average Bonchev–Trinajstić information content (AvgIpc) is 2.67. The van der Waals surface area contributed by atoms with E-state index in [9.17, 15) is 4.79 Å². The Morgan fingerprint density at radius 2 is 1.90 bits per heavy atom. The molecule has 1 aromatic carbocycles. The number of nitrogens with zero attached hydrogens (tertiary/aromatic N) is 1. The molecule has 0 saturated heterocycles. The predicted octanol–water partition coefficient (Wildman–Crippen LogP) is 6.26. The lowest BCUT2D eigenvalue weighted by atomic mass is 9.92. The smallest absolute Gasteiger partial charge is 0.340 e. The zero-order valence-corrected chi connectivity index (χ0v) is 21.1. The van der Waals surface area contributed by atoms with Crippen molar-refractivity contribution in [2.45, 2.75) is 79.1 Å². The summed E-state index contributed by atoms with van der Waals surface area (Å²) in [5.41, 5.74) is 4.87. The lowest BCUT2D eigenvalue weighted by Gasteiger charge is -2.30. The van der Waals surface area contributed by atoms with Gasteiger partial charge in [-0.3, -0.25) is 4.98 Å². The van der Waals surface area contributed by atoms with Crippen molar-refractivity contribution in [3.63, 3.8) is 0 Å². The van der Waals surface area contributed by atoms with Gasteiger partial charge in [-0.2, -0.15) is 0 Å². The summed E-state index contributed by atoms with van der Waals surface area (Å²) < 4.78 is 18.5. The summed E-state index contributed by atoms with van der Waals surface area (Å²) >= 11 is 3.74. The first-order valence-corrected chi connectivity index (χ1v) is 11.6. The van der Waals surface area contributed by atoms with Gasteiger partial charge in [-0.15, -0.1) is 0 Å². The molecule has 31 heavy (non-hydrogen) atoms. The fourth-order valence-corrected chi connectivity index (χ4v) is 4.36. The quantitative estimate of drug-likeness (QED) is 0.463. The van der Waals surface area contributed by atoms with Crippen molar-refractivity contribution in [3.8, 4) is 16.9 Å². The number of benzene rings is 1. The molecule has 0 saturated carbocycles. The van der Waals surface area contributed by atoms with Crippen LogP contribution in [0, 0.1) is 13.8 Å². The number of rotatable bonds is 5. The second-order valence-electron chi connectivity index (χ2n) is 9.26. The Bertz CT molecular complexity index is 978. The zero-order valence-electron chi connectivity index (χ0n) is 19.5. The number of hydrogen-bond acceptors (Lipinski definition) is 5. The Morgan fingerprint density at radius 3 is 2.55 bits per heavy atom. The molecule has 0 aliphatic carbocycles. The van der Waals surface area contributed by atoms with Gasteiger partial charge in [-0.1, -0.05) is 6.07 Å². The maximum Gasteiger partial charge on any atom is 0.340 e. The van der Waals surface area contributed by atoms with E-state index in [-0.39, 0.29) is 6.10 Å². The number of hydrogen-bond donors (Lipinski definition) is 0. The van der Waals surface area contributed by atoms with Crippen LogP contribution in [-0.2, 0) is 20.7 Å². The van der Waals surface area contributed by atoms with Crippen LogP contribution in [0.3, 0.4) is 0 Å². The predicted molar refractivity (Wildman–Crippen MR) is 125 cm³/mol. The Kier molecular flexibility index (Phi) is 7.11. The fourth-order valence-electron chi connectivity index (χ4n) is 3.83. The van der Waals surface area contributed by atoms with Gasteiger partial charge in [-0.25, -0.2) is 4.79 Å². The van der Waals surface area contributed by atoms with Crippen molar-refractivity contribution in [1.29, 1.82) is 0 Å². The standard InChI is InChI=1S/C25H32BrNO4/c1-14(2)30-24(28)23(31-25(5,6)7)20-15(3)27-16(4)22(26)21(20)18-10-11-19-17(13-18)9-8-12-29-19/h10-11,13-14,23H,8-9,12H2,1-7H3. The van der Waals surface area contributed by atoms with Crippen molar-refractivity contribution in [2.75, 3.05) is 6.61 Å². The Morgan fingerprint density at radius 1 is 1.19 bits per heavy atom. The van der Waals surface area contributed by atoms with Crippen LogP contribution in [0.15, 0.2) is 22.7 Å². The highest BCUT2D eigenvalue weighted by molar-refractivity contribution is 9.10. The molecule has 0 amide bonds. The topological polar surface area (TPSA) is 57.7 Å². The fraction of sp³-hybridized carbons (Fsp3) is 0.520. The minimum atomic E-state index is -0.894. The van der Waals surface area contributed by atoms with Crippen molar-refractivity contribution >= 4 is 21.9 Å². The first-order valence-electron chi connectivity index (χ1n) is 10.8. The van der Waals surface area contributed by atoms with Crippen molar-refractivity contribution in [1.82, 2.24) is 4.98 Å². The van der Waals surface area contributed by atoms with E-state index in [1.807, 2.05) is 60.6 Å². The molecule has 1 aliphatic rings. The van der Waals surface area contributed by atoms with E-state index in [1.165, 1.54) is 5.56 Å². The second-order valence-corrected chi connectivity index (χ2v) is 10.0. The van der Waals surface area contributed by atoms with Crippen LogP contribution in [0.4, 0.5) is 0 Å². The van der Waals surface area contributed by atoms with Gasteiger partial charge in [0, 0.05) is 21.3 Å². The first-order chi connectivity index (χ1) is 14.5. The number of esters is 1. The molecular formula is C25H32BrNO4. The van der Waals surface area contributed by atoms with Crippen LogP contribution in [0.2, 0.25) is 0 Å². The molecule has 6 heteroatoms. The Hall–Kier alpha value is -1.92. The van der Waals surface area contributed by atoms with E-state index in [4.69, 9.17) is 19.2 Å². The molecule has 168 valence electrons. The van der Waals surface area contributed by atoms with Gasteiger partial charge in [-0.05, 0) is 100 Å². The number of ether oxygens (including phenoxy) is 3.